The number of hydrogen-bond donors (Lipinski definition) is 6. The van der Waals surface area contributed by atoms with Gasteiger partial charge in [0.15, 0.2) is 10.8 Å². The molecule has 0 aliphatic carbocycles. The van der Waals surface area contributed by atoms with Crippen LogP contribution in [0.5, 0.6) is 0 Å². The molecule has 15 nitrogen and oxygen atoms in total. The summed E-state index contributed by atoms with van der Waals surface area (Å²) < 4.78 is 0. The predicted octanol–water partition coefficient (Wildman–Crippen LogP) is -1.63. The Morgan fingerprint density at radius 1 is 1.34 bits per heavy atom. The molecule has 0 aromatic carbocycles. The molecule has 0 radical (unpaired) electrons. The molecule has 0 bridgehead atoms. The summed E-state index contributed by atoms with van der Waals surface area (Å²) in [5, 5.41) is 34.0. The van der Waals surface area contributed by atoms with Crippen molar-refractivity contribution >= 4 is 75.4 Å². The molecule has 3 heterocycles. The summed E-state index contributed by atoms with van der Waals surface area (Å²) >= 11 is 3.09. The molecule has 1 fully saturated rings. The van der Waals surface area contributed by atoms with E-state index in [1.54, 1.807) is 0 Å². The van der Waals surface area contributed by atoms with Crippen molar-refractivity contribution in [2.24, 2.45) is 10.9 Å². The number of carbonyl (C=O) groups excluding carboxylic acids is 2. The minimum absolute atomic E-state index is 0.00473. The van der Waals surface area contributed by atoms with Crippen molar-refractivity contribution < 1.29 is 44.1 Å². The minimum atomic E-state index is -1.39. The number of nitrogens with two attached hydrogens (primary N) is 2. The van der Waals surface area contributed by atoms with Gasteiger partial charge in [-0.2, -0.15) is 0 Å². The Kier molecular flexibility index (Phi) is 8.20. The number of carboxylic acids is 3. The summed E-state index contributed by atoms with van der Waals surface area (Å²) in [5.41, 5.74) is 10.3. The van der Waals surface area contributed by atoms with Gasteiger partial charge in [-0.3, -0.25) is 19.3 Å². The number of thioether (sulfide) groups is 2. The lowest BCUT2D eigenvalue weighted by atomic mass is 10.0. The Labute approximate surface area is 208 Å². The Morgan fingerprint density at radius 2 is 2.06 bits per heavy atom. The second-order valence-electron chi connectivity index (χ2n) is 6.87. The van der Waals surface area contributed by atoms with E-state index in [2.05, 4.69) is 20.3 Å². The quantitative estimate of drug-likeness (QED) is 0.104. The Morgan fingerprint density at radius 3 is 2.63 bits per heavy atom. The van der Waals surface area contributed by atoms with E-state index in [4.69, 9.17) is 21.7 Å². The molecule has 1 saturated heterocycles. The van der Waals surface area contributed by atoms with E-state index in [-0.39, 0.29) is 32.9 Å². The first kappa shape index (κ1) is 26.3. The maximum Gasteiger partial charge on any atom is 0.353 e. The number of fused-ring (bicyclic) bond motifs is 1. The van der Waals surface area contributed by atoms with E-state index in [9.17, 15) is 29.1 Å². The summed E-state index contributed by atoms with van der Waals surface area (Å²) in [6, 6.07) is -2.33. The van der Waals surface area contributed by atoms with Crippen LogP contribution in [0.1, 0.15) is 5.69 Å². The molecular weight excluding hydrogens is 528 g/mol. The average Bonchev–Trinajstić information content (AvgIpc) is 3.22. The highest BCUT2D eigenvalue weighted by molar-refractivity contribution is 8.06. The maximum absolute atomic E-state index is 12.8. The number of nitrogens with zero attached hydrogens (tertiary/aromatic N) is 3. The number of oxime groups is 1. The normalized spacial score (nSPS) is 20.5. The number of rotatable bonds is 11. The van der Waals surface area contributed by atoms with E-state index in [0.717, 1.165) is 28.0 Å². The molecule has 1 unspecified atom stereocenters. The van der Waals surface area contributed by atoms with Crippen LogP contribution in [0.3, 0.4) is 0 Å². The number of nitrogen functional groups attached to an aromatic ring is 1. The number of thiazole rings is 1. The smallest absolute Gasteiger partial charge is 0.353 e. The molecule has 1 aromatic heterocycles. The van der Waals surface area contributed by atoms with Crippen molar-refractivity contribution in [1.29, 1.82) is 0 Å². The van der Waals surface area contributed by atoms with Gasteiger partial charge in [-0.15, -0.1) is 34.9 Å². The standard InChI is InChI=1S/C17H18N6O9S3/c18-5(15(28)29)2-33-7-4-34-14-10(13(27)23(14)11(7)16(30)31)21-12(26)9(22-32-1-8(24)25)6-3-35-17(19)20-6/h3,5,10,14H,1-2,4,18H2,(H2,19,20)(H,21,26)(H,24,25)(H,28,29)(H,30,31)/b22-9+/t5?,10-,14-/m1/s1. The molecule has 2 aliphatic rings. The highest BCUT2D eigenvalue weighted by Gasteiger charge is 2.54. The number of hydrogen-bond acceptors (Lipinski definition) is 13. The highest BCUT2D eigenvalue weighted by atomic mass is 32.2. The zero-order valence-electron chi connectivity index (χ0n) is 17.4. The summed E-state index contributed by atoms with van der Waals surface area (Å²) in [4.78, 5) is 69.0. The Balaban J connectivity index is 1.76. The summed E-state index contributed by atoms with van der Waals surface area (Å²) in [6.45, 7) is -0.830. The molecule has 8 N–H and O–H groups in total. The number of amides is 2. The van der Waals surface area contributed by atoms with Crippen LogP contribution in [0.2, 0.25) is 0 Å². The van der Waals surface area contributed by atoms with Gasteiger partial charge < -0.3 is 36.9 Å². The number of anilines is 1. The molecule has 3 rings (SSSR count). The molecule has 18 heteroatoms. The highest BCUT2D eigenvalue weighted by Crippen LogP contribution is 2.43. The van der Waals surface area contributed by atoms with Gasteiger partial charge in [0.05, 0.1) is 0 Å². The predicted molar refractivity (Wildman–Crippen MR) is 124 cm³/mol. The molecule has 2 amide bonds. The minimum Gasteiger partial charge on any atom is -0.480 e. The van der Waals surface area contributed by atoms with Crippen molar-refractivity contribution in [2.75, 3.05) is 23.8 Å². The number of carbonyl (C=O) groups is 5. The first-order valence-corrected chi connectivity index (χ1v) is 12.4. The summed E-state index contributed by atoms with van der Waals surface area (Å²) in [6.07, 6.45) is 0. The maximum atomic E-state index is 12.8. The van der Waals surface area contributed by atoms with E-state index >= 15 is 0 Å². The summed E-state index contributed by atoms with van der Waals surface area (Å²) in [5.74, 6) is -5.54. The van der Waals surface area contributed by atoms with Crippen molar-refractivity contribution in [1.82, 2.24) is 15.2 Å². The number of nitrogens with one attached hydrogen (secondary N) is 1. The molecular formula is C17H18N6O9S3. The third-order valence-corrected chi connectivity index (χ3v) is 7.85. The fourth-order valence-electron chi connectivity index (χ4n) is 2.93. The van der Waals surface area contributed by atoms with Crippen LogP contribution in [0, 0.1) is 0 Å². The lowest BCUT2D eigenvalue weighted by molar-refractivity contribution is -0.150. The Hall–Kier alpha value is -3.35. The third kappa shape index (κ3) is 5.84. The molecule has 0 saturated carbocycles. The van der Waals surface area contributed by atoms with Crippen LogP contribution >= 0.6 is 34.9 Å². The topological polar surface area (TPSA) is 248 Å². The van der Waals surface area contributed by atoms with Crippen LogP contribution in [0.25, 0.3) is 0 Å². The second kappa shape index (κ2) is 10.9. The number of aromatic nitrogens is 1. The van der Waals surface area contributed by atoms with Crippen molar-refractivity contribution in [3.05, 3.63) is 21.7 Å². The van der Waals surface area contributed by atoms with Crippen molar-refractivity contribution in [3.8, 4) is 0 Å². The van der Waals surface area contributed by atoms with Gasteiger partial charge in [-0.1, -0.05) is 5.16 Å². The SMILES string of the molecule is Nc1nc(/C(=N\OCC(=O)O)C(=O)N[C@@H]2C(=O)N3C(C(=O)O)=C(SCC(N)C(=O)O)CS[C@H]23)cs1. The van der Waals surface area contributed by atoms with Crippen LogP contribution < -0.4 is 16.8 Å². The average molecular weight is 547 g/mol. The van der Waals surface area contributed by atoms with Crippen molar-refractivity contribution in [2.45, 2.75) is 17.5 Å². The Bertz CT molecular complexity index is 1140. The van der Waals surface area contributed by atoms with Gasteiger partial charge in [0.2, 0.25) is 6.61 Å². The molecule has 188 valence electrons. The third-order valence-electron chi connectivity index (χ3n) is 4.50. The van der Waals surface area contributed by atoms with Gasteiger partial charge in [0.1, 0.15) is 28.8 Å². The molecule has 1 aromatic rings. The fraction of sp³-hybridized carbons (Fsp3) is 0.353. The van der Waals surface area contributed by atoms with Gasteiger partial charge in [-0.25, -0.2) is 14.6 Å². The zero-order valence-corrected chi connectivity index (χ0v) is 19.9. The van der Waals surface area contributed by atoms with Gasteiger partial charge in [0.25, 0.3) is 11.8 Å². The van der Waals surface area contributed by atoms with E-state index < -0.39 is 59.5 Å². The van der Waals surface area contributed by atoms with Crippen LogP contribution in [-0.4, -0.2) is 96.2 Å². The lowest BCUT2D eigenvalue weighted by Crippen LogP contribution is -2.71. The van der Waals surface area contributed by atoms with Gasteiger partial charge in [-0.05, 0) is 0 Å². The molecule has 2 aliphatic heterocycles. The number of β-lactam (4-membered cyclic amide) rings is 1. The molecule has 35 heavy (non-hydrogen) atoms. The zero-order chi connectivity index (χ0) is 25.9. The van der Waals surface area contributed by atoms with Crippen molar-refractivity contribution in [3.63, 3.8) is 0 Å². The van der Waals surface area contributed by atoms with Gasteiger partial charge in [0, 0.05) is 21.8 Å². The lowest BCUT2D eigenvalue weighted by Gasteiger charge is -2.49. The fourth-order valence-corrected chi connectivity index (χ4v) is 6.05. The monoisotopic (exact) mass is 546 g/mol. The first-order chi connectivity index (χ1) is 16.5. The van der Waals surface area contributed by atoms with Gasteiger partial charge >= 0.3 is 17.9 Å². The molecule has 3 atom stereocenters. The van der Waals surface area contributed by atoms with Crippen LogP contribution in [0.4, 0.5) is 5.13 Å². The second-order valence-corrected chi connectivity index (χ2v) is 9.98. The van der Waals surface area contributed by atoms with E-state index in [1.165, 1.54) is 17.1 Å². The van der Waals surface area contributed by atoms with E-state index in [1.807, 2.05) is 0 Å². The largest absolute Gasteiger partial charge is 0.480 e. The number of aliphatic carboxylic acids is 3. The summed E-state index contributed by atoms with van der Waals surface area (Å²) in [7, 11) is 0. The van der Waals surface area contributed by atoms with Crippen LogP contribution in [0.15, 0.2) is 21.1 Å². The van der Waals surface area contributed by atoms with Crippen LogP contribution in [-0.2, 0) is 28.8 Å². The molecule has 0 spiro atoms. The first-order valence-electron chi connectivity index (χ1n) is 9.47. The number of carboxylic acid groups (broad SMARTS) is 3. The van der Waals surface area contributed by atoms with E-state index in [0.29, 0.717) is 0 Å².